The van der Waals surface area contributed by atoms with Crippen LogP contribution in [-0.2, 0) is 16.1 Å². The summed E-state index contributed by atoms with van der Waals surface area (Å²) in [5.41, 5.74) is 0.524. The van der Waals surface area contributed by atoms with E-state index in [1.165, 1.54) is 23.7 Å². The molecule has 124 valence electrons. The van der Waals surface area contributed by atoms with Gasteiger partial charge < -0.3 is 13.9 Å². The molecule has 0 radical (unpaired) electrons. The molecule has 0 aliphatic heterocycles. The minimum atomic E-state index is -0.540. The number of oxazole rings is 1. The fraction of sp³-hybridized carbons (Fsp3) is 0.125. The molecule has 5 nitrogen and oxygen atoms in total. The maximum absolute atomic E-state index is 11.7. The van der Waals surface area contributed by atoms with Crippen LogP contribution in [0.4, 0.5) is 0 Å². The zero-order valence-corrected chi connectivity index (χ0v) is 14.5. The van der Waals surface area contributed by atoms with Gasteiger partial charge in [-0.05, 0) is 29.6 Å². The van der Waals surface area contributed by atoms with Crippen molar-refractivity contribution in [3.63, 3.8) is 0 Å². The molecule has 0 N–H and O–H groups in total. The first-order valence-electron chi connectivity index (χ1n) is 6.83. The largest absolute Gasteiger partial charge is 0.480 e. The quantitative estimate of drug-likeness (QED) is 0.570. The van der Waals surface area contributed by atoms with Crippen LogP contribution in [0.15, 0.2) is 46.4 Å². The van der Waals surface area contributed by atoms with Crippen LogP contribution in [0.5, 0.6) is 5.75 Å². The Kier molecular flexibility index (Phi) is 5.40. The second kappa shape index (κ2) is 7.70. The molecule has 3 rings (SSSR count). The molecule has 0 aliphatic rings. The van der Waals surface area contributed by atoms with Crippen molar-refractivity contribution in [3.8, 4) is 16.5 Å². The van der Waals surface area contributed by atoms with E-state index in [4.69, 9.17) is 37.1 Å². The highest BCUT2D eigenvalue weighted by Gasteiger charge is 2.11. The molecule has 2 aromatic heterocycles. The van der Waals surface area contributed by atoms with E-state index in [0.29, 0.717) is 27.4 Å². The third-order valence-corrected chi connectivity index (χ3v) is 4.29. The van der Waals surface area contributed by atoms with E-state index in [9.17, 15) is 4.79 Å². The van der Waals surface area contributed by atoms with Crippen molar-refractivity contribution in [2.45, 2.75) is 6.61 Å². The number of hydrogen-bond acceptors (Lipinski definition) is 6. The van der Waals surface area contributed by atoms with Gasteiger partial charge in [-0.15, -0.1) is 11.3 Å². The smallest absolute Gasteiger partial charge is 0.344 e. The lowest BCUT2D eigenvalue weighted by Crippen LogP contribution is -2.15. The van der Waals surface area contributed by atoms with Gasteiger partial charge in [0.15, 0.2) is 6.61 Å². The molecular formula is C16H11Cl2NO4S. The van der Waals surface area contributed by atoms with Gasteiger partial charge in [-0.3, -0.25) is 0 Å². The molecule has 0 spiro atoms. The Morgan fingerprint density at radius 2 is 2.17 bits per heavy atom. The Morgan fingerprint density at radius 1 is 1.29 bits per heavy atom. The van der Waals surface area contributed by atoms with E-state index >= 15 is 0 Å². The number of thiophene rings is 1. The molecule has 2 heterocycles. The minimum Gasteiger partial charge on any atom is -0.480 e. The highest BCUT2D eigenvalue weighted by molar-refractivity contribution is 7.13. The Bertz CT molecular complexity index is 832. The van der Waals surface area contributed by atoms with Gasteiger partial charge in [0.25, 0.3) is 0 Å². The number of halogens is 2. The molecule has 0 bridgehead atoms. The summed E-state index contributed by atoms with van der Waals surface area (Å²) >= 11 is 13.3. The molecular weight excluding hydrogens is 373 g/mol. The van der Waals surface area contributed by atoms with Crippen LogP contribution in [-0.4, -0.2) is 17.6 Å². The summed E-state index contributed by atoms with van der Waals surface area (Å²) in [6.45, 7) is -0.262. The standard InChI is InChI=1S/C16H11Cl2NO4S/c17-10-3-4-13(12(18)6-10)21-9-15(20)22-7-11-8-23-16(19-11)14-2-1-5-24-14/h1-6,8H,7,9H2. The van der Waals surface area contributed by atoms with Crippen LogP contribution in [0.25, 0.3) is 10.8 Å². The lowest BCUT2D eigenvalue weighted by molar-refractivity contribution is -0.147. The minimum absolute atomic E-state index is 0.00538. The van der Waals surface area contributed by atoms with Crippen LogP contribution < -0.4 is 4.74 Å². The normalized spacial score (nSPS) is 10.6. The summed E-state index contributed by atoms with van der Waals surface area (Å²) in [6.07, 6.45) is 1.46. The van der Waals surface area contributed by atoms with Crippen LogP contribution in [0, 0.1) is 0 Å². The third-order valence-electron chi connectivity index (χ3n) is 2.90. The predicted molar refractivity (Wildman–Crippen MR) is 91.6 cm³/mol. The number of rotatable bonds is 6. The number of nitrogens with zero attached hydrogens (tertiary/aromatic N) is 1. The van der Waals surface area contributed by atoms with Gasteiger partial charge in [-0.2, -0.15) is 0 Å². The molecule has 0 unspecified atom stereocenters. The molecule has 24 heavy (non-hydrogen) atoms. The number of hydrogen-bond donors (Lipinski definition) is 0. The van der Waals surface area contributed by atoms with Crippen LogP contribution >= 0.6 is 34.5 Å². The van der Waals surface area contributed by atoms with Gasteiger partial charge >= 0.3 is 5.97 Å². The third kappa shape index (κ3) is 4.29. The summed E-state index contributed by atoms with van der Waals surface area (Å²) in [4.78, 5) is 16.9. The number of aromatic nitrogens is 1. The highest BCUT2D eigenvalue weighted by atomic mass is 35.5. The van der Waals surface area contributed by atoms with Crippen molar-refractivity contribution in [1.29, 1.82) is 0 Å². The Hall–Kier alpha value is -2.02. The Labute approximate surface area is 151 Å². The molecule has 1 aromatic carbocycles. The van der Waals surface area contributed by atoms with Crippen LogP contribution in [0.1, 0.15) is 5.69 Å². The van der Waals surface area contributed by atoms with E-state index in [0.717, 1.165) is 4.88 Å². The fourth-order valence-corrected chi connectivity index (χ4v) is 2.93. The van der Waals surface area contributed by atoms with Gasteiger partial charge in [-0.25, -0.2) is 9.78 Å². The second-order valence-corrected chi connectivity index (χ2v) is 6.44. The van der Waals surface area contributed by atoms with E-state index in [1.807, 2.05) is 17.5 Å². The molecule has 0 atom stereocenters. The van der Waals surface area contributed by atoms with E-state index in [-0.39, 0.29) is 13.2 Å². The van der Waals surface area contributed by atoms with Gasteiger partial charge in [-0.1, -0.05) is 29.3 Å². The van der Waals surface area contributed by atoms with Gasteiger partial charge in [0.05, 0.1) is 9.90 Å². The van der Waals surface area contributed by atoms with E-state index in [1.54, 1.807) is 12.1 Å². The molecule has 0 amide bonds. The average molecular weight is 384 g/mol. The summed E-state index contributed by atoms with van der Waals surface area (Å²) in [5.74, 6) is 0.321. The second-order valence-electron chi connectivity index (χ2n) is 4.65. The van der Waals surface area contributed by atoms with Crippen molar-refractivity contribution in [2.24, 2.45) is 0 Å². The van der Waals surface area contributed by atoms with Crippen LogP contribution in [0.2, 0.25) is 10.0 Å². The maximum atomic E-state index is 11.7. The average Bonchev–Trinajstić information content (AvgIpc) is 3.23. The SMILES string of the molecule is O=C(COc1ccc(Cl)cc1Cl)OCc1coc(-c2cccs2)n1. The van der Waals surface area contributed by atoms with Crippen molar-refractivity contribution in [1.82, 2.24) is 4.98 Å². The molecule has 0 fully saturated rings. The lowest BCUT2D eigenvalue weighted by atomic mass is 10.3. The fourth-order valence-electron chi connectivity index (χ4n) is 1.81. The topological polar surface area (TPSA) is 61.6 Å². The molecule has 0 aliphatic carbocycles. The summed E-state index contributed by atoms with van der Waals surface area (Å²) in [5, 5.41) is 2.74. The van der Waals surface area contributed by atoms with E-state index < -0.39 is 5.97 Å². The number of benzene rings is 1. The Balaban J connectivity index is 1.49. The summed E-state index contributed by atoms with van der Waals surface area (Å²) in [6, 6.07) is 8.54. The number of carbonyl (C=O) groups excluding carboxylic acids is 1. The molecule has 8 heteroatoms. The number of carbonyl (C=O) groups is 1. The predicted octanol–water partition coefficient (Wildman–Crippen LogP) is 4.83. The Morgan fingerprint density at radius 3 is 2.92 bits per heavy atom. The van der Waals surface area contributed by atoms with Crippen molar-refractivity contribution in [2.75, 3.05) is 6.61 Å². The molecule has 3 aromatic rings. The van der Waals surface area contributed by atoms with Gasteiger partial charge in [0.1, 0.15) is 24.3 Å². The first-order valence-corrected chi connectivity index (χ1v) is 8.47. The lowest BCUT2D eigenvalue weighted by Gasteiger charge is -2.07. The summed E-state index contributed by atoms with van der Waals surface area (Å²) in [7, 11) is 0. The van der Waals surface area contributed by atoms with E-state index in [2.05, 4.69) is 4.98 Å². The maximum Gasteiger partial charge on any atom is 0.344 e. The van der Waals surface area contributed by atoms with Gasteiger partial charge in [0, 0.05) is 5.02 Å². The first-order chi connectivity index (χ1) is 11.6. The van der Waals surface area contributed by atoms with Gasteiger partial charge in [0.2, 0.25) is 5.89 Å². The molecule has 0 saturated heterocycles. The highest BCUT2D eigenvalue weighted by Crippen LogP contribution is 2.27. The number of esters is 1. The van der Waals surface area contributed by atoms with Crippen molar-refractivity contribution >= 4 is 40.5 Å². The van der Waals surface area contributed by atoms with Crippen molar-refractivity contribution in [3.05, 3.63) is 57.7 Å². The zero-order valence-electron chi connectivity index (χ0n) is 12.2. The zero-order chi connectivity index (χ0) is 16.9. The first kappa shape index (κ1) is 16.8. The van der Waals surface area contributed by atoms with Crippen molar-refractivity contribution < 1.29 is 18.7 Å². The monoisotopic (exact) mass is 383 g/mol. The molecule has 0 saturated carbocycles. The number of ether oxygens (including phenoxy) is 2. The van der Waals surface area contributed by atoms with Crippen LogP contribution in [0.3, 0.4) is 0 Å². The summed E-state index contributed by atoms with van der Waals surface area (Å²) < 4.78 is 15.7.